The second kappa shape index (κ2) is 5.62. The molecule has 0 saturated carbocycles. The van der Waals surface area contributed by atoms with Crippen molar-refractivity contribution in [3.05, 3.63) is 57.0 Å². The van der Waals surface area contributed by atoms with E-state index in [0.717, 1.165) is 14.9 Å². The topological polar surface area (TPSA) is 98.0 Å². The SMILES string of the molecule is O=C(Nc1ncnc2sccc12)c1cc2cc([N+](=O)[O-])ccc2s1. The first-order valence-electron chi connectivity index (χ1n) is 6.79. The zero-order valence-corrected chi connectivity index (χ0v) is 13.6. The summed E-state index contributed by atoms with van der Waals surface area (Å²) >= 11 is 2.75. The first-order valence-corrected chi connectivity index (χ1v) is 8.49. The number of hydrogen-bond donors (Lipinski definition) is 1. The highest BCUT2D eigenvalue weighted by Crippen LogP contribution is 2.30. The zero-order chi connectivity index (χ0) is 16.7. The monoisotopic (exact) mass is 356 g/mol. The number of fused-ring (bicyclic) bond motifs is 2. The van der Waals surface area contributed by atoms with Crippen LogP contribution < -0.4 is 5.32 Å². The van der Waals surface area contributed by atoms with Gasteiger partial charge in [-0.05, 0) is 23.6 Å². The Bertz CT molecular complexity index is 1100. The third-order valence-corrected chi connectivity index (χ3v) is 5.36. The van der Waals surface area contributed by atoms with E-state index in [0.29, 0.717) is 16.1 Å². The van der Waals surface area contributed by atoms with Crippen LogP contribution in [0.2, 0.25) is 0 Å². The lowest BCUT2D eigenvalue weighted by molar-refractivity contribution is -0.384. The Balaban J connectivity index is 1.68. The van der Waals surface area contributed by atoms with Gasteiger partial charge in [0.15, 0.2) is 0 Å². The smallest absolute Gasteiger partial charge is 0.270 e. The molecule has 0 saturated heterocycles. The molecule has 4 rings (SSSR count). The molecule has 0 aliphatic heterocycles. The Morgan fingerprint density at radius 1 is 1.21 bits per heavy atom. The highest BCUT2D eigenvalue weighted by atomic mass is 32.1. The lowest BCUT2D eigenvalue weighted by Crippen LogP contribution is -2.11. The van der Waals surface area contributed by atoms with Crippen molar-refractivity contribution < 1.29 is 9.72 Å². The van der Waals surface area contributed by atoms with Gasteiger partial charge in [0.2, 0.25) is 0 Å². The van der Waals surface area contributed by atoms with Gasteiger partial charge in [-0.1, -0.05) is 0 Å². The predicted molar refractivity (Wildman–Crippen MR) is 93.8 cm³/mol. The average molecular weight is 356 g/mol. The van der Waals surface area contributed by atoms with Crippen molar-refractivity contribution in [1.29, 1.82) is 0 Å². The van der Waals surface area contributed by atoms with Crippen LogP contribution in [0.5, 0.6) is 0 Å². The van der Waals surface area contributed by atoms with Crippen LogP contribution in [-0.4, -0.2) is 20.8 Å². The minimum Gasteiger partial charge on any atom is -0.305 e. The molecule has 3 aromatic heterocycles. The van der Waals surface area contributed by atoms with E-state index in [1.54, 1.807) is 12.1 Å². The second-order valence-electron chi connectivity index (χ2n) is 4.91. The number of benzene rings is 1. The van der Waals surface area contributed by atoms with Gasteiger partial charge >= 0.3 is 0 Å². The summed E-state index contributed by atoms with van der Waals surface area (Å²) in [6.07, 6.45) is 1.41. The van der Waals surface area contributed by atoms with Gasteiger partial charge in [0.1, 0.15) is 17.0 Å². The molecule has 0 bridgehead atoms. The molecule has 1 amide bonds. The van der Waals surface area contributed by atoms with Crippen molar-refractivity contribution in [1.82, 2.24) is 9.97 Å². The average Bonchev–Trinajstić information content (AvgIpc) is 3.21. The van der Waals surface area contributed by atoms with Gasteiger partial charge in [-0.25, -0.2) is 9.97 Å². The van der Waals surface area contributed by atoms with Gasteiger partial charge in [-0.15, -0.1) is 22.7 Å². The Hall–Kier alpha value is -2.91. The molecule has 1 aromatic carbocycles. The van der Waals surface area contributed by atoms with Gasteiger partial charge < -0.3 is 5.32 Å². The number of nitrogens with zero attached hydrogens (tertiary/aromatic N) is 3. The summed E-state index contributed by atoms with van der Waals surface area (Å²) < 4.78 is 0.814. The Labute approximate surface area is 142 Å². The van der Waals surface area contributed by atoms with Gasteiger partial charge in [-0.2, -0.15) is 0 Å². The van der Waals surface area contributed by atoms with E-state index >= 15 is 0 Å². The summed E-state index contributed by atoms with van der Waals surface area (Å²) in [6.45, 7) is 0. The van der Waals surface area contributed by atoms with E-state index in [4.69, 9.17) is 0 Å². The summed E-state index contributed by atoms with van der Waals surface area (Å²) in [4.78, 5) is 32.4. The van der Waals surface area contributed by atoms with Crippen LogP contribution >= 0.6 is 22.7 Å². The minimum absolute atomic E-state index is 0.00282. The van der Waals surface area contributed by atoms with Gasteiger partial charge in [0.25, 0.3) is 11.6 Å². The highest BCUT2D eigenvalue weighted by molar-refractivity contribution is 7.21. The van der Waals surface area contributed by atoms with Crippen LogP contribution in [0.4, 0.5) is 11.5 Å². The number of nitro groups is 1. The number of carbonyl (C=O) groups excluding carboxylic acids is 1. The molecule has 4 aromatic rings. The van der Waals surface area contributed by atoms with Crippen molar-refractivity contribution >= 4 is 60.4 Å². The Morgan fingerprint density at radius 3 is 2.92 bits per heavy atom. The Kier molecular flexibility index (Phi) is 3.44. The van der Waals surface area contributed by atoms with Crippen molar-refractivity contribution in [2.75, 3.05) is 5.32 Å². The molecule has 3 heterocycles. The van der Waals surface area contributed by atoms with Crippen molar-refractivity contribution in [2.45, 2.75) is 0 Å². The number of nitro benzene ring substituents is 1. The van der Waals surface area contributed by atoms with Crippen molar-refractivity contribution in [3.63, 3.8) is 0 Å². The summed E-state index contributed by atoms with van der Waals surface area (Å²) in [6, 6.07) is 8.04. The lowest BCUT2D eigenvalue weighted by atomic mass is 10.2. The first-order chi connectivity index (χ1) is 11.6. The van der Waals surface area contributed by atoms with Gasteiger partial charge in [-0.3, -0.25) is 14.9 Å². The fourth-order valence-corrected chi connectivity index (χ4v) is 3.99. The third-order valence-electron chi connectivity index (χ3n) is 3.43. The van der Waals surface area contributed by atoms with Crippen LogP contribution in [0.25, 0.3) is 20.3 Å². The van der Waals surface area contributed by atoms with Crippen LogP contribution in [0.1, 0.15) is 9.67 Å². The molecule has 9 heteroatoms. The molecule has 0 aliphatic carbocycles. The van der Waals surface area contributed by atoms with E-state index in [1.165, 1.54) is 41.1 Å². The maximum Gasteiger partial charge on any atom is 0.270 e. The molecular formula is C15H8N4O3S2. The predicted octanol–water partition coefficient (Wildman–Crippen LogP) is 4.07. The minimum atomic E-state index is -0.453. The normalized spacial score (nSPS) is 11.0. The molecule has 7 nitrogen and oxygen atoms in total. The van der Waals surface area contributed by atoms with E-state index in [-0.39, 0.29) is 11.6 Å². The first kappa shape index (κ1) is 14.7. The largest absolute Gasteiger partial charge is 0.305 e. The molecule has 118 valence electrons. The Morgan fingerprint density at radius 2 is 2.08 bits per heavy atom. The van der Waals surface area contributed by atoms with Crippen molar-refractivity contribution in [2.24, 2.45) is 0 Å². The third kappa shape index (κ3) is 2.49. The van der Waals surface area contributed by atoms with Crippen LogP contribution in [0.3, 0.4) is 0 Å². The lowest BCUT2D eigenvalue weighted by Gasteiger charge is -2.03. The van der Waals surface area contributed by atoms with E-state index in [9.17, 15) is 14.9 Å². The number of nitrogens with one attached hydrogen (secondary N) is 1. The molecule has 0 atom stereocenters. The van der Waals surface area contributed by atoms with Crippen molar-refractivity contribution in [3.8, 4) is 0 Å². The molecule has 0 spiro atoms. The number of rotatable bonds is 3. The number of carbonyl (C=O) groups is 1. The summed E-state index contributed by atoms with van der Waals surface area (Å²) in [7, 11) is 0. The highest BCUT2D eigenvalue weighted by Gasteiger charge is 2.15. The molecule has 0 aliphatic rings. The maximum absolute atomic E-state index is 12.5. The van der Waals surface area contributed by atoms with Crippen LogP contribution in [0.15, 0.2) is 42.0 Å². The van der Waals surface area contributed by atoms with Gasteiger partial charge in [0, 0.05) is 22.2 Å². The van der Waals surface area contributed by atoms with Crippen LogP contribution in [0, 0.1) is 10.1 Å². The number of non-ortho nitro benzene ring substituents is 1. The van der Waals surface area contributed by atoms with E-state index < -0.39 is 4.92 Å². The fraction of sp³-hybridized carbons (Fsp3) is 0. The molecule has 0 unspecified atom stereocenters. The molecular weight excluding hydrogens is 348 g/mol. The van der Waals surface area contributed by atoms with E-state index in [1.807, 2.05) is 11.4 Å². The van der Waals surface area contributed by atoms with E-state index in [2.05, 4.69) is 15.3 Å². The number of amides is 1. The second-order valence-corrected chi connectivity index (χ2v) is 6.88. The number of hydrogen-bond acceptors (Lipinski definition) is 7. The summed E-state index contributed by atoms with van der Waals surface area (Å²) in [5.41, 5.74) is 0.00282. The summed E-state index contributed by atoms with van der Waals surface area (Å²) in [5.74, 6) is 0.153. The maximum atomic E-state index is 12.5. The standard InChI is InChI=1S/C15H8N4O3S2/c20-14(18-13-10-3-4-23-15(10)17-7-16-13)12-6-8-5-9(19(21)22)1-2-11(8)24-12/h1-7H,(H,16,17,18,20). The van der Waals surface area contributed by atoms with Gasteiger partial charge in [0.05, 0.1) is 15.2 Å². The molecule has 1 N–H and O–H groups in total. The number of thiophene rings is 2. The zero-order valence-electron chi connectivity index (χ0n) is 11.9. The van der Waals surface area contributed by atoms with Crippen LogP contribution in [-0.2, 0) is 0 Å². The number of anilines is 1. The molecule has 0 fully saturated rings. The molecule has 24 heavy (non-hydrogen) atoms. The summed E-state index contributed by atoms with van der Waals surface area (Å²) in [5, 5.41) is 17.0. The number of aromatic nitrogens is 2. The fourth-order valence-electron chi connectivity index (χ4n) is 2.32. The quantitative estimate of drug-likeness (QED) is 0.441. The molecule has 0 radical (unpaired) electrons.